The molecular formula is C21H17FN4O2. The second-order valence-electron chi connectivity index (χ2n) is 6.16. The van der Waals surface area contributed by atoms with E-state index in [2.05, 4.69) is 15.3 Å². The van der Waals surface area contributed by atoms with Gasteiger partial charge in [0.25, 0.3) is 0 Å². The molecule has 0 atom stereocenters. The van der Waals surface area contributed by atoms with E-state index in [0.29, 0.717) is 29.3 Å². The van der Waals surface area contributed by atoms with E-state index in [4.69, 9.17) is 4.42 Å². The summed E-state index contributed by atoms with van der Waals surface area (Å²) in [5, 5.41) is 2.84. The first-order valence-electron chi connectivity index (χ1n) is 8.77. The molecule has 0 fully saturated rings. The highest BCUT2D eigenvalue weighted by Crippen LogP contribution is 2.23. The number of nitrogens with zero attached hydrogens (tertiary/aromatic N) is 3. The fourth-order valence-corrected chi connectivity index (χ4v) is 2.78. The lowest BCUT2D eigenvalue weighted by molar-refractivity contribution is -0.116. The molecule has 1 amide bonds. The number of anilines is 1. The van der Waals surface area contributed by atoms with Crippen LogP contribution in [0.5, 0.6) is 0 Å². The van der Waals surface area contributed by atoms with Gasteiger partial charge in [0.15, 0.2) is 11.7 Å². The smallest absolute Gasteiger partial charge is 0.224 e. The average molecular weight is 376 g/mol. The Morgan fingerprint density at radius 2 is 1.96 bits per heavy atom. The maximum absolute atomic E-state index is 13.8. The summed E-state index contributed by atoms with van der Waals surface area (Å²) in [6.07, 6.45) is 7.27. The topological polar surface area (TPSA) is 73.0 Å². The molecule has 6 nitrogen and oxygen atoms in total. The van der Waals surface area contributed by atoms with E-state index in [1.165, 1.54) is 12.3 Å². The third-order valence-electron chi connectivity index (χ3n) is 4.21. The lowest BCUT2D eigenvalue weighted by Crippen LogP contribution is -2.12. The fourth-order valence-electron chi connectivity index (χ4n) is 2.78. The number of aromatic nitrogens is 3. The van der Waals surface area contributed by atoms with Gasteiger partial charge in [-0.1, -0.05) is 12.1 Å². The number of carbonyl (C=O) groups is 1. The Balaban J connectivity index is 1.33. The number of hydrogen-bond donors (Lipinski definition) is 1. The molecule has 0 aliphatic rings. The summed E-state index contributed by atoms with van der Waals surface area (Å²) in [4.78, 5) is 20.3. The van der Waals surface area contributed by atoms with Gasteiger partial charge in [-0.3, -0.25) is 4.79 Å². The number of imidazole rings is 1. The van der Waals surface area contributed by atoms with Crippen molar-refractivity contribution >= 4 is 11.6 Å². The van der Waals surface area contributed by atoms with Gasteiger partial charge in [-0.15, -0.1) is 0 Å². The van der Waals surface area contributed by atoms with E-state index in [0.717, 1.165) is 5.69 Å². The zero-order valence-electron chi connectivity index (χ0n) is 14.9. The quantitative estimate of drug-likeness (QED) is 0.546. The van der Waals surface area contributed by atoms with E-state index >= 15 is 0 Å². The number of benzene rings is 2. The largest absolute Gasteiger partial charge is 0.441 e. The van der Waals surface area contributed by atoms with Crippen LogP contribution in [0.1, 0.15) is 12.3 Å². The van der Waals surface area contributed by atoms with Crippen molar-refractivity contribution in [1.82, 2.24) is 14.5 Å². The predicted molar refractivity (Wildman–Crippen MR) is 102 cm³/mol. The molecule has 4 rings (SSSR count). The average Bonchev–Trinajstić information content (AvgIpc) is 3.40. The summed E-state index contributed by atoms with van der Waals surface area (Å²) < 4.78 is 21.2. The van der Waals surface area contributed by atoms with Crippen LogP contribution in [0.15, 0.2) is 77.9 Å². The van der Waals surface area contributed by atoms with Crippen molar-refractivity contribution in [3.05, 3.63) is 85.2 Å². The van der Waals surface area contributed by atoms with Gasteiger partial charge >= 0.3 is 0 Å². The zero-order valence-corrected chi connectivity index (χ0v) is 14.9. The molecule has 2 aromatic carbocycles. The van der Waals surface area contributed by atoms with Crippen LogP contribution in [0.25, 0.3) is 17.0 Å². The summed E-state index contributed by atoms with van der Waals surface area (Å²) in [6, 6.07) is 13.8. The third-order valence-corrected chi connectivity index (χ3v) is 4.21. The first-order chi connectivity index (χ1) is 13.7. The number of oxazole rings is 1. The highest BCUT2D eigenvalue weighted by Gasteiger charge is 2.12. The third kappa shape index (κ3) is 3.98. The zero-order chi connectivity index (χ0) is 19.3. The summed E-state index contributed by atoms with van der Waals surface area (Å²) >= 11 is 0. The van der Waals surface area contributed by atoms with E-state index in [1.54, 1.807) is 30.7 Å². The Labute approximate surface area is 160 Å². The van der Waals surface area contributed by atoms with Gasteiger partial charge in [0.2, 0.25) is 5.91 Å². The number of hydrogen-bond acceptors (Lipinski definition) is 4. The number of halogens is 1. The molecule has 0 aliphatic carbocycles. The molecular weight excluding hydrogens is 359 g/mol. The Bertz CT molecular complexity index is 1070. The van der Waals surface area contributed by atoms with Crippen molar-refractivity contribution in [3.63, 3.8) is 0 Å². The van der Waals surface area contributed by atoms with Gasteiger partial charge in [-0.25, -0.2) is 14.4 Å². The van der Waals surface area contributed by atoms with Gasteiger partial charge in [-0.05, 0) is 36.4 Å². The molecule has 0 unspecified atom stereocenters. The number of aryl methyl sites for hydroxylation is 1. The Morgan fingerprint density at radius 3 is 2.71 bits per heavy atom. The van der Waals surface area contributed by atoms with Crippen molar-refractivity contribution in [2.45, 2.75) is 12.8 Å². The normalized spacial score (nSPS) is 10.8. The molecule has 0 spiro atoms. The van der Waals surface area contributed by atoms with Crippen molar-refractivity contribution in [2.75, 3.05) is 5.32 Å². The second kappa shape index (κ2) is 7.87. The van der Waals surface area contributed by atoms with Crippen LogP contribution < -0.4 is 5.32 Å². The maximum atomic E-state index is 13.8. The number of rotatable bonds is 6. The van der Waals surface area contributed by atoms with Crippen LogP contribution in [-0.4, -0.2) is 20.4 Å². The van der Waals surface area contributed by atoms with Gasteiger partial charge < -0.3 is 14.3 Å². The van der Waals surface area contributed by atoms with Crippen LogP contribution in [0.3, 0.4) is 0 Å². The Kier molecular flexibility index (Phi) is 4.97. The van der Waals surface area contributed by atoms with Crippen LogP contribution >= 0.6 is 0 Å². The number of amides is 1. The maximum Gasteiger partial charge on any atom is 0.224 e. The molecule has 7 heteroatoms. The predicted octanol–water partition coefficient (Wildman–Crippen LogP) is 4.24. The number of nitrogens with one attached hydrogen (secondary N) is 1. The van der Waals surface area contributed by atoms with Crippen LogP contribution in [0.4, 0.5) is 10.1 Å². The minimum atomic E-state index is -0.373. The number of carbonyl (C=O) groups excluding carboxylic acids is 1. The fraction of sp³-hybridized carbons (Fsp3) is 0.0952. The van der Waals surface area contributed by atoms with Crippen molar-refractivity contribution in [1.29, 1.82) is 0 Å². The van der Waals surface area contributed by atoms with Gasteiger partial charge in [-0.2, -0.15) is 0 Å². The minimum Gasteiger partial charge on any atom is -0.441 e. The van der Waals surface area contributed by atoms with Crippen molar-refractivity contribution in [2.24, 2.45) is 0 Å². The van der Waals surface area contributed by atoms with Gasteiger partial charge in [0.1, 0.15) is 5.82 Å². The van der Waals surface area contributed by atoms with Crippen LogP contribution in [0.2, 0.25) is 0 Å². The first-order valence-corrected chi connectivity index (χ1v) is 8.77. The van der Waals surface area contributed by atoms with Crippen molar-refractivity contribution < 1.29 is 13.6 Å². The monoisotopic (exact) mass is 376 g/mol. The SMILES string of the molecule is O=C(CCc1ncc(-c2ccccc2F)o1)Nc1ccc(-n2ccnc2)cc1. The standard InChI is InChI=1S/C21H17FN4O2/c22-18-4-2-1-3-17(18)19-13-24-21(28-19)10-9-20(27)25-15-5-7-16(8-6-15)26-12-11-23-14-26/h1-8,11-14H,9-10H2,(H,25,27). The highest BCUT2D eigenvalue weighted by atomic mass is 19.1. The first kappa shape index (κ1) is 17.7. The molecule has 2 heterocycles. The lowest BCUT2D eigenvalue weighted by atomic mass is 10.2. The molecule has 28 heavy (non-hydrogen) atoms. The highest BCUT2D eigenvalue weighted by molar-refractivity contribution is 5.90. The molecule has 140 valence electrons. The van der Waals surface area contributed by atoms with Gasteiger partial charge in [0.05, 0.1) is 18.1 Å². The second-order valence-corrected chi connectivity index (χ2v) is 6.16. The van der Waals surface area contributed by atoms with E-state index in [1.807, 2.05) is 35.0 Å². The molecule has 0 saturated heterocycles. The Morgan fingerprint density at radius 1 is 1.14 bits per heavy atom. The molecule has 0 bridgehead atoms. The minimum absolute atomic E-state index is 0.152. The van der Waals surface area contributed by atoms with E-state index < -0.39 is 0 Å². The summed E-state index contributed by atoms with van der Waals surface area (Å²) in [7, 11) is 0. The van der Waals surface area contributed by atoms with Crippen LogP contribution in [0, 0.1) is 5.82 Å². The van der Waals surface area contributed by atoms with Crippen molar-refractivity contribution in [3.8, 4) is 17.0 Å². The lowest BCUT2D eigenvalue weighted by Gasteiger charge is -2.06. The van der Waals surface area contributed by atoms with E-state index in [-0.39, 0.29) is 18.1 Å². The van der Waals surface area contributed by atoms with E-state index in [9.17, 15) is 9.18 Å². The summed E-state index contributed by atoms with van der Waals surface area (Å²) in [6.45, 7) is 0. The Hall–Kier alpha value is -3.74. The molecule has 1 N–H and O–H groups in total. The molecule has 0 aliphatic heterocycles. The molecule has 2 aromatic heterocycles. The van der Waals surface area contributed by atoms with Crippen LogP contribution in [-0.2, 0) is 11.2 Å². The molecule has 4 aromatic rings. The summed E-state index contributed by atoms with van der Waals surface area (Å²) in [5.41, 5.74) is 2.01. The summed E-state index contributed by atoms with van der Waals surface area (Å²) in [5.74, 6) is 0.218. The molecule has 0 radical (unpaired) electrons. The molecule has 0 saturated carbocycles. The van der Waals surface area contributed by atoms with Gasteiger partial charge in [0, 0.05) is 36.6 Å².